The Morgan fingerprint density at radius 1 is 1.13 bits per heavy atom. The van der Waals surface area contributed by atoms with Crippen molar-refractivity contribution in [3.63, 3.8) is 0 Å². The number of amides is 2. The number of ether oxygens (including phenoxy) is 3. The Morgan fingerprint density at radius 2 is 1.77 bits per heavy atom. The lowest BCUT2D eigenvalue weighted by Crippen LogP contribution is -2.52. The van der Waals surface area contributed by atoms with E-state index in [1.807, 2.05) is 0 Å². The molecule has 0 bridgehead atoms. The Hall–Kier alpha value is -2.94. The van der Waals surface area contributed by atoms with Crippen LogP contribution in [-0.4, -0.2) is 50.2 Å². The SMILES string of the molecule is COc1cc(NC(=O)[C@@H]2CS[C@@H](Cc3ccc(F)cc3)C(=O)N2)cc(OC)c1OC. The van der Waals surface area contributed by atoms with Gasteiger partial charge in [0.15, 0.2) is 11.5 Å². The fraction of sp³-hybridized carbons (Fsp3) is 0.333. The number of carbonyl (C=O) groups excluding carboxylic acids is 2. The van der Waals surface area contributed by atoms with Crippen molar-refractivity contribution in [1.82, 2.24) is 5.32 Å². The van der Waals surface area contributed by atoms with Gasteiger partial charge in [0, 0.05) is 23.6 Å². The molecule has 0 saturated carbocycles. The Bertz CT molecular complexity index is 897. The Kier molecular flexibility index (Phi) is 7.04. The zero-order chi connectivity index (χ0) is 21.7. The summed E-state index contributed by atoms with van der Waals surface area (Å²) in [7, 11) is 4.47. The number of anilines is 1. The number of nitrogens with one attached hydrogen (secondary N) is 2. The molecule has 1 aliphatic rings. The van der Waals surface area contributed by atoms with Crippen LogP contribution in [0.5, 0.6) is 17.2 Å². The highest BCUT2D eigenvalue weighted by Crippen LogP contribution is 2.40. The number of thioether (sulfide) groups is 1. The third-order valence-corrected chi connectivity index (χ3v) is 5.97. The second-order valence-corrected chi connectivity index (χ2v) is 7.85. The molecule has 9 heteroatoms. The molecule has 2 aromatic rings. The number of rotatable bonds is 7. The van der Waals surface area contributed by atoms with Crippen molar-refractivity contribution in [3.05, 3.63) is 47.8 Å². The molecule has 1 heterocycles. The molecule has 7 nitrogen and oxygen atoms in total. The first-order chi connectivity index (χ1) is 14.4. The van der Waals surface area contributed by atoms with Crippen LogP contribution < -0.4 is 24.8 Å². The first-order valence-corrected chi connectivity index (χ1v) is 10.3. The third kappa shape index (κ3) is 4.96. The number of benzene rings is 2. The average molecular weight is 434 g/mol. The van der Waals surface area contributed by atoms with Crippen LogP contribution in [0.3, 0.4) is 0 Å². The van der Waals surface area contributed by atoms with E-state index in [4.69, 9.17) is 14.2 Å². The minimum absolute atomic E-state index is 0.222. The van der Waals surface area contributed by atoms with Crippen LogP contribution in [0.1, 0.15) is 5.56 Å². The standard InChI is InChI=1S/C21H23FN2O5S/c1-27-16-9-14(10-17(28-2)19(16)29-3)23-20(25)15-11-30-18(21(26)24-15)8-12-4-6-13(22)7-5-12/h4-7,9-10,15,18H,8,11H2,1-3H3,(H,23,25)(H,24,26)/t15-,18-/m0/s1. The summed E-state index contributed by atoms with van der Waals surface area (Å²) >= 11 is 1.40. The minimum atomic E-state index is -0.675. The van der Waals surface area contributed by atoms with E-state index in [1.165, 1.54) is 45.2 Å². The van der Waals surface area contributed by atoms with Crippen LogP contribution in [0.4, 0.5) is 10.1 Å². The van der Waals surface area contributed by atoms with E-state index in [-0.39, 0.29) is 22.9 Å². The third-order valence-electron chi connectivity index (χ3n) is 4.66. The van der Waals surface area contributed by atoms with E-state index < -0.39 is 6.04 Å². The van der Waals surface area contributed by atoms with Crippen molar-refractivity contribution in [2.24, 2.45) is 0 Å². The summed E-state index contributed by atoms with van der Waals surface area (Å²) in [6.45, 7) is 0. The summed E-state index contributed by atoms with van der Waals surface area (Å²) in [4.78, 5) is 25.2. The molecule has 1 aliphatic heterocycles. The van der Waals surface area contributed by atoms with Crippen molar-refractivity contribution in [2.45, 2.75) is 17.7 Å². The van der Waals surface area contributed by atoms with Crippen LogP contribution in [0, 0.1) is 5.82 Å². The van der Waals surface area contributed by atoms with E-state index in [0.29, 0.717) is 35.1 Å². The number of methoxy groups -OCH3 is 3. The number of halogens is 1. The van der Waals surface area contributed by atoms with Crippen molar-refractivity contribution in [2.75, 3.05) is 32.4 Å². The maximum absolute atomic E-state index is 13.0. The summed E-state index contributed by atoms with van der Waals surface area (Å²) < 4.78 is 28.9. The van der Waals surface area contributed by atoms with Crippen molar-refractivity contribution in [3.8, 4) is 17.2 Å². The van der Waals surface area contributed by atoms with Crippen LogP contribution >= 0.6 is 11.8 Å². The highest BCUT2D eigenvalue weighted by molar-refractivity contribution is 8.00. The molecule has 2 aromatic carbocycles. The molecule has 0 aliphatic carbocycles. The molecule has 3 rings (SSSR count). The van der Waals surface area contributed by atoms with Crippen LogP contribution in [-0.2, 0) is 16.0 Å². The van der Waals surface area contributed by atoms with Crippen LogP contribution in [0.25, 0.3) is 0 Å². The monoisotopic (exact) mass is 434 g/mol. The molecule has 2 N–H and O–H groups in total. The van der Waals surface area contributed by atoms with Gasteiger partial charge in [-0.3, -0.25) is 9.59 Å². The number of hydrogen-bond donors (Lipinski definition) is 2. The predicted octanol–water partition coefficient (Wildman–Crippen LogP) is 2.63. The van der Waals surface area contributed by atoms with Gasteiger partial charge in [0.1, 0.15) is 11.9 Å². The summed E-state index contributed by atoms with van der Waals surface area (Å²) in [5, 5.41) is 5.21. The van der Waals surface area contributed by atoms with Gasteiger partial charge < -0.3 is 24.8 Å². The van der Waals surface area contributed by atoms with Gasteiger partial charge in [0.2, 0.25) is 17.6 Å². The lowest BCUT2D eigenvalue weighted by atomic mass is 10.1. The molecule has 2 amide bonds. The summed E-state index contributed by atoms with van der Waals surface area (Å²) in [5.41, 5.74) is 1.33. The van der Waals surface area contributed by atoms with Crippen molar-refractivity contribution >= 4 is 29.3 Å². The highest BCUT2D eigenvalue weighted by atomic mass is 32.2. The van der Waals surface area contributed by atoms with E-state index in [1.54, 1.807) is 24.3 Å². The smallest absolute Gasteiger partial charge is 0.247 e. The van der Waals surface area contributed by atoms with Gasteiger partial charge in [0.25, 0.3) is 0 Å². The largest absolute Gasteiger partial charge is 0.493 e. The normalized spacial score (nSPS) is 18.3. The van der Waals surface area contributed by atoms with Crippen molar-refractivity contribution in [1.29, 1.82) is 0 Å². The second kappa shape index (κ2) is 9.71. The average Bonchev–Trinajstić information content (AvgIpc) is 2.75. The lowest BCUT2D eigenvalue weighted by molar-refractivity contribution is -0.126. The first-order valence-electron chi connectivity index (χ1n) is 9.22. The van der Waals surface area contributed by atoms with E-state index >= 15 is 0 Å². The first kappa shape index (κ1) is 21.8. The summed E-state index contributed by atoms with van der Waals surface area (Å²) in [5.74, 6) is 0.785. The topological polar surface area (TPSA) is 85.9 Å². The fourth-order valence-electron chi connectivity index (χ4n) is 3.10. The summed E-state index contributed by atoms with van der Waals surface area (Å²) in [6.07, 6.45) is 0.470. The Balaban J connectivity index is 1.63. The molecule has 2 atom stereocenters. The molecule has 160 valence electrons. The highest BCUT2D eigenvalue weighted by Gasteiger charge is 2.32. The molecular formula is C21H23FN2O5S. The van der Waals surface area contributed by atoms with Gasteiger partial charge in [-0.25, -0.2) is 4.39 Å². The molecule has 0 radical (unpaired) electrons. The van der Waals surface area contributed by atoms with Gasteiger partial charge in [-0.2, -0.15) is 0 Å². The van der Waals surface area contributed by atoms with Crippen LogP contribution in [0.2, 0.25) is 0 Å². The second-order valence-electron chi connectivity index (χ2n) is 6.62. The number of hydrogen-bond acceptors (Lipinski definition) is 6. The Morgan fingerprint density at radius 3 is 2.30 bits per heavy atom. The van der Waals surface area contributed by atoms with Crippen molar-refractivity contribution < 1.29 is 28.2 Å². The van der Waals surface area contributed by atoms with Crippen LogP contribution in [0.15, 0.2) is 36.4 Å². The molecular weight excluding hydrogens is 411 g/mol. The van der Waals surface area contributed by atoms with Gasteiger partial charge in [-0.15, -0.1) is 11.8 Å². The molecule has 30 heavy (non-hydrogen) atoms. The Labute approximate surface area is 178 Å². The van der Waals surface area contributed by atoms with Gasteiger partial charge in [0.05, 0.1) is 26.6 Å². The maximum atomic E-state index is 13.0. The molecule has 0 spiro atoms. The maximum Gasteiger partial charge on any atom is 0.247 e. The number of carbonyl (C=O) groups is 2. The molecule has 1 fully saturated rings. The molecule has 0 unspecified atom stereocenters. The van der Waals surface area contributed by atoms with E-state index in [9.17, 15) is 14.0 Å². The van der Waals surface area contributed by atoms with Gasteiger partial charge in [-0.05, 0) is 24.1 Å². The predicted molar refractivity (Wildman–Crippen MR) is 113 cm³/mol. The quantitative estimate of drug-likeness (QED) is 0.697. The summed E-state index contributed by atoms with van der Waals surface area (Å²) in [6, 6.07) is 8.62. The molecule has 1 saturated heterocycles. The van der Waals surface area contributed by atoms with E-state index in [2.05, 4.69) is 10.6 Å². The minimum Gasteiger partial charge on any atom is -0.493 e. The van der Waals surface area contributed by atoms with E-state index in [0.717, 1.165) is 5.56 Å². The lowest BCUT2D eigenvalue weighted by Gasteiger charge is -2.28. The molecule has 0 aromatic heterocycles. The van der Waals surface area contributed by atoms with Gasteiger partial charge >= 0.3 is 0 Å². The zero-order valence-corrected chi connectivity index (χ0v) is 17.7. The zero-order valence-electron chi connectivity index (χ0n) is 16.9. The fourth-order valence-corrected chi connectivity index (χ4v) is 4.29. The van der Waals surface area contributed by atoms with Gasteiger partial charge in [-0.1, -0.05) is 12.1 Å².